The molecule has 1 amide bonds. The van der Waals surface area contributed by atoms with Crippen LogP contribution in [0.15, 0.2) is 18.2 Å². The molecule has 2 heterocycles. The highest BCUT2D eigenvalue weighted by Crippen LogP contribution is 2.37. The molecule has 1 aromatic carbocycles. The molecule has 0 bridgehead atoms. The molecule has 1 N–H and O–H groups in total. The number of hydrogen-bond donors (Lipinski definition) is 1. The standard InChI is InChI=1S/C15H13F3IN3O4/c16-15(17,18)14-20-10-8(13(24)25)2-1-3-9(10)22(14)11(19)12(23)21-4-6-26-7-5-21/h1-3,11H,4-7H2,(H,24,25). The molecule has 2 aromatic rings. The first-order valence-corrected chi connectivity index (χ1v) is 8.78. The SMILES string of the molecule is O=C(O)c1cccc2c1nc(C(F)(F)F)n2C(I)C(=O)N1CCOCC1. The quantitative estimate of drug-likeness (QED) is 0.536. The van der Waals surface area contributed by atoms with Crippen molar-refractivity contribution in [3.8, 4) is 0 Å². The monoisotopic (exact) mass is 483 g/mol. The smallest absolute Gasteiger partial charge is 0.449 e. The van der Waals surface area contributed by atoms with Crippen LogP contribution in [0, 0.1) is 0 Å². The Morgan fingerprint density at radius 3 is 2.50 bits per heavy atom. The summed E-state index contributed by atoms with van der Waals surface area (Å²) in [6.45, 7) is 1.20. The van der Waals surface area contributed by atoms with Crippen LogP contribution in [0.4, 0.5) is 13.2 Å². The van der Waals surface area contributed by atoms with Crippen LogP contribution in [0.5, 0.6) is 0 Å². The maximum atomic E-state index is 13.5. The first-order valence-electron chi connectivity index (χ1n) is 7.54. The number of fused-ring (bicyclic) bond motifs is 1. The van der Waals surface area contributed by atoms with Crippen molar-refractivity contribution in [2.75, 3.05) is 26.3 Å². The number of carbonyl (C=O) groups is 2. The van der Waals surface area contributed by atoms with E-state index in [1.165, 1.54) is 23.1 Å². The Morgan fingerprint density at radius 1 is 1.27 bits per heavy atom. The fraction of sp³-hybridized carbons (Fsp3) is 0.400. The van der Waals surface area contributed by atoms with Crippen molar-refractivity contribution < 1.29 is 32.6 Å². The Hall–Kier alpha value is -1.89. The number of imidazole rings is 1. The van der Waals surface area contributed by atoms with E-state index in [9.17, 15) is 27.9 Å². The van der Waals surface area contributed by atoms with Crippen LogP contribution in [0.2, 0.25) is 0 Å². The predicted molar refractivity (Wildman–Crippen MR) is 92.2 cm³/mol. The molecule has 7 nitrogen and oxygen atoms in total. The van der Waals surface area contributed by atoms with Gasteiger partial charge in [0.1, 0.15) is 5.52 Å². The highest BCUT2D eigenvalue weighted by atomic mass is 127. The number of halogens is 4. The molecule has 1 fully saturated rings. The van der Waals surface area contributed by atoms with Gasteiger partial charge < -0.3 is 14.7 Å². The summed E-state index contributed by atoms with van der Waals surface area (Å²) in [7, 11) is 0. The maximum Gasteiger partial charge on any atom is 0.449 e. The summed E-state index contributed by atoms with van der Waals surface area (Å²) in [6, 6.07) is 3.82. The Labute approximate surface area is 158 Å². The van der Waals surface area contributed by atoms with Crippen LogP contribution in [0.1, 0.15) is 20.2 Å². The number of carboxylic acids is 1. The minimum atomic E-state index is -4.84. The number of aromatic nitrogens is 2. The van der Waals surface area contributed by atoms with Gasteiger partial charge in [0, 0.05) is 13.1 Å². The van der Waals surface area contributed by atoms with Crippen molar-refractivity contribution in [1.29, 1.82) is 0 Å². The van der Waals surface area contributed by atoms with Gasteiger partial charge in [-0.2, -0.15) is 13.2 Å². The molecule has 26 heavy (non-hydrogen) atoms. The van der Waals surface area contributed by atoms with Crippen molar-refractivity contribution in [3.63, 3.8) is 0 Å². The Bertz CT molecular complexity index is 862. The van der Waals surface area contributed by atoms with E-state index in [0.29, 0.717) is 13.2 Å². The molecule has 140 valence electrons. The van der Waals surface area contributed by atoms with Gasteiger partial charge in [0.2, 0.25) is 5.82 Å². The third-order valence-electron chi connectivity index (χ3n) is 3.96. The number of aromatic carboxylic acids is 1. The van der Waals surface area contributed by atoms with Crippen molar-refractivity contribution >= 4 is 45.5 Å². The van der Waals surface area contributed by atoms with Crippen LogP contribution < -0.4 is 0 Å². The molecule has 1 saturated heterocycles. The van der Waals surface area contributed by atoms with Crippen molar-refractivity contribution in [2.24, 2.45) is 0 Å². The first kappa shape index (κ1) is 18.9. The third-order valence-corrected chi connectivity index (χ3v) is 5.05. The van der Waals surface area contributed by atoms with Crippen LogP contribution in [0.25, 0.3) is 11.0 Å². The largest absolute Gasteiger partial charge is 0.478 e. The fourth-order valence-electron chi connectivity index (χ4n) is 2.76. The second kappa shape index (κ2) is 7.02. The maximum absolute atomic E-state index is 13.5. The lowest BCUT2D eigenvalue weighted by atomic mass is 10.2. The molecule has 3 rings (SSSR count). The highest BCUT2D eigenvalue weighted by Gasteiger charge is 2.41. The number of rotatable bonds is 3. The average Bonchev–Trinajstić information content (AvgIpc) is 3.01. The minimum Gasteiger partial charge on any atom is -0.478 e. The second-order valence-electron chi connectivity index (χ2n) is 5.56. The molecular formula is C15H13F3IN3O4. The highest BCUT2D eigenvalue weighted by molar-refractivity contribution is 14.1. The molecule has 0 spiro atoms. The summed E-state index contributed by atoms with van der Waals surface area (Å²) >= 11 is 1.62. The summed E-state index contributed by atoms with van der Waals surface area (Å²) in [5, 5.41) is 9.22. The lowest BCUT2D eigenvalue weighted by Gasteiger charge is -2.29. The molecule has 1 aliphatic heterocycles. The Morgan fingerprint density at radius 2 is 1.92 bits per heavy atom. The molecule has 0 radical (unpaired) electrons. The number of carboxylic acid groups (broad SMARTS) is 1. The summed E-state index contributed by atoms with van der Waals surface area (Å²) < 4.78 is 45.2. The number of morpholine rings is 1. The molecular weight excluding hydrogens is 470 g/mol. The second-order valence-corrected chi connectivity index (χ2v) is 6.73. The number of carbonyl (C=O) groups excluding carboxylic acids is 1. The van der Waals surface area contributed by atoms with E-state index in [1.807, 2.05) is 0 Å². The number of para-hydroxylation sites is 1. The van der Waals surface area contributed by atoms with E-state index in [-0.39, 0.29) is 29.7 Å². The van der Waals surface area contributed by atoms with Gasteiger partial charge in [0.25, 0.3) is 5.91 Å². The van der Waals surface area contributed by atoms with Crippen LogP contribution >= 0.6 is 22.6 Å². The van der Waals surface area contributed by atoms with Gasteiger partial charge in [-0.3, -0.25) is 9.36 Å². The molecule has 0 saturated carbocycles. The molecule has 0 aliphatic carbocycles. The predicted octanol–water partition coefficient (Wildman–Crippen LogP) is 2.55. The topological polar surface area (TPSA) is 84.7 Å². The van der Waals surface area contributed by atoms with Gasteiger partial charge in [-0.15, -0.1) is 0 Å². The average molecular weight is 483 g/mol. The number of nitrogens with zero attached hydrogens (tertiary/aromatic N) is 3. The zero-order chi connectivity index (χ0) is 19.1. The molecule has 11 heteroatoms. The third kappa shape index (κ3) is 3.37. The molecule has 1 atom stereocenters. The first-order chi connectivity index (χ1) is 12.2. The van der Waals surface area contributed by atoms with Crippen molar-refractivity contribution in [2.45, 2.75) is 10.2 Å². The summed E-state index contributed by atoms with van der Waals surface area (Å²) in [4.78, 5) is 28.9. The normalized spacial score (nSPS) is 16.7. The van der Waals surface area contributed by atoms with Gasteiger partial charge in [0.05, 0.1) is 24.3 Å². The number of amides is 1. The van der Waals surface area contributed by atoms with Crippen molar-refractivity contribution in [1.82, 2.24) is 14.5 Å². The summed E-state index contributed by atoms with van der Waals surface area (Å²) in [6.07, 6.45) is -4.84. The van der Waals surface area contributed by atoms with Gasteiger partial charge in [-0.05, 0) is 34.7 Å². The lowest BCUT2D eigenvalue weighted by Crippen LogP contribution is -2.43. The van der Waals surface area contributed by atoms with Gasteiger partial charge in [-0.25, -0.2) is 9.78 Å². The number of benzene rings is 1. The lowest BCUT2D eigenvalue weighted by molar-refractivity contribution is -0.148. The Kier molecular flexibility index (Phi) is 5.10. The molecule has 1 unspecified atom stereocenters. The van der Waals surface area contributed by atoms with Crippen molar-refractivity contribution in [3.05, 3.63) is 29.6 Å². The zero-order valence-electron chi connectivity index (χ0n) is 13.2. The van der Waals surface area contributed by atoms with E-state index in [2.05, 4.69) is 4.98 Å². The van der Waals surface area contributed by atoms with Gasteiger partial charge in [0.15, 0.2) is 4.05 Å². The fourth-order valence-corrected chi connectivity index (χ4v) is 3.72. The van der Waals surface area contributed by atoms with Crippen LogP contribution in [-0.2, 0) is 15.7 Å². The van der Waals surface area contributed by atoms with Crippen LogP contribution in [0.3, 0.4) is 0 Å². The summed E-state index contributed by atoms with van der Waals surface area (Å²) in [5.41, 5.74) is -0.712. The van der Waals surface area contributed by atoms with Gasteiger partial charge in [-0.1, -0.05) is 6.07 Å². The zero-order valence-corrected chi connectivity index (χ0v) is 15.3. The summed E-state index contributed by atoms with van der Waals surface area (Å²) in [5.74, 6) is -3.21. The van der Waals surface area contributed by atoms with Crippen LogP contribution in [-0.4, -0.2) is 57.7 Å². The number of hydrogen-bond acceptors (Lipinski definition) is 4. The van der Waals surface area contributed by atoms with Gasteiger partial charge >= 0.3 is 12.1 Å². The Balaban J connectivity index is 2.15. The molecule has 1 aromatic heterocycles. The number of alkyl halides is 4. The van der Waals surface area contributed by atoms with E-state index in [1.54, 1.807) is 22.6 Å². The minimum absolute atomic E-state index is 0.0572. The van der Waals surface area contributed by atoms with E-state index in [0.717, 1.165) is 4.57 Å². The number of ether oxygens (including phenoxy) is 1. The van der Waals surface area contributed by atoms with E-state index < -0.39 is 27.9 Å². The van der Waals surface area contributed by atoms with E-state index in [4.69, 9.17) is 4.74 Å². The van der Waals surface area contributed by atoms with E-state index >= 15 is 0 Å². The molecule has 1 aliphatic rings.